The second kappa shape index (κ2) is 7.10. The van der Waals surface area contributed by atoms with Crippen LogP contribution in [-0.4, -0.2) is 48.8 Å². The van der Waals surface area contributed by atoms with Gasteiger partial charge in [-0.05, 0) is 50.7 Å². The second-order valence-electron chi connectivity index (χ2n) is 8.43. The third-order valence-electron chi connectivity index (χ3n) is 6.13. The molecule has 1 heterocycles. The van der Waals surface area contributed by atoms with Crippen LogP contribution in [0.5, 0.6) is 11.5 Å². The normalized spacial score (nSPS) is 26.4. The van der Waals surface area contributed by atoms with Crippen molar-refractivity contribution in [2.75, 3.05) is 27.3 Å². The van der Waals surface area contributed by atoms with Crippen molar-refractivity contribution >= 4 is 5.91 Å². The van der Waals surface area contributed by atoms with Gasteiger partial charge >= 0.3 is 0 Å². The fourth-order valence-electron chi connectivity index (χ4n) is 4.64. The van der Waals surface area contributed by atoms with E-state index in [1.807, 2.05) is 6.07 Å². The molecule has 1 N–H and O–H groups in total. The Balaban J connectivity index is 1.99. The second-order valence-corrected chi connectivity index (χ2v) is 8.43. The number of likely N-dealkylation sites (N-methyl/N-ethyl adjacent to an activating group) is 1. The summed E-state index contributed by atoms with van der Waals surface area (Å²) in [6.45, 7) is 7.49. The number of nitrogens with zero attached hydrogens (tertiary/aromatic N) is 1. The van der Waals surface area contributed by atoms with E-state index in [1.165, 1.54) is 6.42 Å². The minimum Gasteiger partial charge on any atom is -0.507 e. The molecule has 0 spiro atoms. The van der Waals surface area contributed by atoms with Crippen LogP contribution in [0.15, 0.2) is 12.1 Å². The Bertz CT molecular complexity index is 685. The van der Waals surface area contributed by atoms with Crippen LogP contribution in [0.4, 0.5) is 0 Å². The number of carbonyl (C=O) groups excluding carboxylic acids is 1. The predicted octanol–water partition coefficient (Wildman–Crippen LogP) is 3.80. The van der Waals surface area contributed by atoms with Gasteiger partial charge in [0.1, 0.15) is 17.1 Å². The number of fused-ring (bicyclic) bond motifs is 3. The lowest BCUT2D eigenvalue weighted by molar-refractivity contribution is -0.0145. The van der Waals surface area contributed by atoms with Crippen molar-refractivity contribution in [1.29, 1.82) is 0 Å². The Morgan fingerprint density at radius 2 is 2.12 bits per heavy atom. The van der Waals surface area contributed by atoms with Crippen LogP contribution < -0.4 is 4.74 Å². The van der Waals surface area contributed by atoms with E-state index in [0.717, 1.165) is 24.2 Å². The Morgan fingerprint density at radius 1 is 1.38 bits per heavy atom. The van der Waals surface area contributed by atoms with Gasteiger partial charge in [-0.25, -0.2) is 0 Å². The molecule has 144 valence electrons. The van der Waals surface area contributed by atoms with Gasteiger partial charge in [-0.1, -0.05) is 13.3 Å². The number of phenolic OH excluding ortho intramolecular Hbond substituents is 1. The number of benzene rings is 1. The summed E-state index contributed by atoms with van der Waals surface area (Å²) in [5.41, 5.74) is 0.917. The molecule has 5 nitrogen and oxygen atoms in total. The van der Waals surface area contributed by atoms with E-state index in [2.05, 4.69) is 20.8 Å². The smallest absolute Gasteiger partial charge is 0.257 e. The molecule has 0 bridgehead atoms. The highest BCUT2D eigenvalue weighted by Crippen LogP contribution is 2.55. The van der Waals surface area contributed by atoms with Crippen molar-refractivity contribution in [3.8, 4) is 11.5 Å². The zero-order chi connectivity index (χ0) is 19.1. The summed E-state index contributed by atoms with van der Waals surface area (Å²) in [4.78, 5) is 14.4. The molecule has 0 unspecified atom stereocenters. The summed E-state index contributed by atoms with van der Waals surface area (Å²) >= 11 is 0. The number of amides is 1. The molecule has 1 aromatic carbocycles. The van der Waals surface area contributed by atoms with Crippen molar-refractivity contribution in [3.05, 3.63) is 23.3 Å². The van der Waals surface area contributed by atoms with E-state index in [-0.39, 0.29) is 23.2 Å². The van der Waals surface area contributed by atoms with Gasteiger partial charge in [0, 0.05) is 32.2 Å². The van der Waals surface area contributed by atoms with E-state index in [0.29, 0.717) is 30.6 Å². The quantitative estimate of drug-likeness (QED) is 0.886. The molecule has 1 fully saturated rings. The zero-order valence-electron chi connectivity index (χ0n) is 16.5. The van der Waals surface area contributed by atoms with Crippen LogP contribution in [0.2, 0.25) is 0 Å². The topological polar surface area (TPSA) is 59.0 Å². The average molecular weight is 361 g/mol. The number of phenols is 1. The van der Waals surface area contributed by atoms with E-state index >= 15 is 0 Å². The molecule has 1 aliphatic heterocycles. The molecule has 0 aromatic heterocycles. The molecule has 1 saturated carbocycles. The van der Waals surface area contributed by atoms with Gasteiger partial charge in [0.15, 0.2) is 0 Å². The highest BCUT2D eigenvalue weighted by Gasteiger charge is 2.47. The summed E-state index contributed by atoms with van der Waals surface area (Å²) < 4.78 is 11.3. The summed E-state index contributed by atoms with van der Waals surface area (Å²) in [5.74, 6) is 1.83. The molecule has 3 rings (SSSR count). The number of rotatable bonds is 4. The third-order valence-corrected chi connectivity index (χ3v) is 6.13. The molecule has 0 saturated heterocycles. The molecule has 26 heavy (non-hydrogen) atoms. The Hall–Kier alpha value is -1.75. The first kappa shape index (κ1) is 19.0. The highest BCUT2D eigenvalue weighted by atomic mass is 16.5. The van der Waals surface area contributed by atoms with Crippen molar-refractivity contribution in [1.82, 2.24) is 4.90 Å². The maximum absolute atomic E-state index is 12.8. The summed E-state index contributed by atoms with van der Waals surface area (Å²) in [6.07, 6.45) is 3.29. The van der Waals surface area contributed by atoms with E-state index in [9.17, 15) is 9.90 Å². The fraction of sp³-hybridized carbons (Fsp3) is 0.667. The number of aromatic hydroxyl groups is 1. The summed E-state index contributed by atoms with van der Waals surface area (Å²) in [7, 11) is 3.34. The Labute approximate surface area is 156 Å². The third kappa shape index (κ3) is 3.29. The molecular formula is C21H31NO4. The van der Waals surface area contributed by atoms with Crippen LogP contribution in [0.25, 0.3) is 0 Å². The molecule has 1 aliphatic carbocycles. The summed E-state index contributed by atoms with van der Waals surface area (Å²) in [5, 5.41) is 11.0. The number of carbonyl (C=O) groups is 1. The van der Waals surface area contributed by atoms with Crippen molar-refractivity contribution in [2.24, 2.45) is 11.8 Å². The molecule has 3 atom stereocenters. The number of methoxy groups -OCH3 is 1. The average Bonchev–Trinajstić information content (AvgIpc) is 2.58. The van der Waals surface area contributed by atoms with Crippen LogP contribution in [-0.2, 0) is 4.74 Å². The monoisotopic (exact) mass is 361 g/mol. The van der Waals surface area contributed by atoms with Crippen molar-refractivity contribution < 1.29 is 19.4 Å². The Kier molecular flexibility index (Phi) is 5.20. The SMILES string of the molecule is COCCN(C)C(=O)c1ccc2c(c1O)[C@@H]1C[C@H](C)CC[C@H]1C(C)(C)O2. The molecule has 2 aliphatic rings. The van der Waals surface area contributed by atoms with Gasteiger partial charge in [0.05, 0.1) is 12.2 Å². The zero-order valence-corrected chi connectivity index (χ0v) is 16.5. The molecular weight excluding hydrogens is 330 g/mol. The molecule has 5 heteroatoms. The van der Waals surface area contributed by atoms with Gasteiger partial charge in [-0.3, -0.25) is 4.79 Å². The predicted molar refractivity (Wildman–Crippen MR) is 101 cm³/mol. The summed E-state index contributed by atoms with van der Waals surface area (Å²) in [6, 6.07) is 3.53. The van der Waals surface area contributed by atoms with Crippen LogP contribution in [0, 0.1) is 11.8 Å². The number of hydrogen-bond acceptors (Lipinski definition) is 4. The minimum absolute atomic E-state index is 0.0939. The van der Waals surface area contributed by atoms with E-state index in [4.69, 9.17) is 9.47 Å². The first-order valence-corrected chi connectivity index (χ1v) is 9.55. The minimum atomic E-state index is -0.259. The van der Waals surface area contributed by atoms with Crippen molar-refractivity contribution in [3.63, 3.8) is 0 Å². The first-order chi connectivity index (χ1) is 12.3. The van der Waals surface area contributed by atoms with Gasteiger partial charge in [0.25, 0.3) is 5.91 Å². The lowest BCUT2D eigenvalue weighted by Crippen LogP contribution is -2.46. The maximum Gasteiger partial charge on any atom is 0.257 e. The first-order valence-electron chi connectivity index (χ1n) is 9.55. The number of ether oxygens (including phenoxy) is 2. The molecule has 1 aromatic rings. The van der Waals surface area contributed by atoms with Gasteiger partial charge in [-0.2, -0.15) is 0 Å². The van der Waals surface area contributed by atoms with Crippen LogP contribution >= 0.6 is 0 Å². The molecule has 0 radical (unpaired) electrons. The lowest BCUT2D eigenvalue weighted by atomic mass is 9.64. The van der Waals surface area contributed by atoms with Gasteiger partial charge < -0.3 is 19.5 Å². The fourth-order valence-corrected chi connectivity index (χ4v) is 4.64. The van der Waals surface area contributed by atoms with Gasteiger partial charge in [-0.15, -0.1) is 0 Å². The molecule has 1 amide bonds. The van der Waals surface area contributed by atoms with Crippen molar-refractivity contribution in [2.45, 2.75) is 51.6 Å². The van der Waals surface area contributed by atoms with E-state index < -0.39 is 0 Å². The Morgan fingerprint density at radius 3 is 2.81 bits per heavy atom. The van der Waals surface area contributed by atoms with Crippen LogP contribution in [0.1, 0.15) is 61.9 Å². The standard InChI is InChI=1S/C21H31NO4/c1-13-6-8-16-15(12-13)18-17(26-21(16,2)3)9-7-14(19(18)23)20(24)22(4)10-11-25-5/h7,9,13,15-16,23H,6,8,10-12H2,1-5H3/t13-,15-,16-/m1/s1. The maximum atomic E-state index is 12.8. The van der Waals surface area contributed by atoms with E-state index in [1.54, 1.807) is 25.1 Å². The lowest BCUT2D eigenvalue weighted by Gasteiger charge is -2.49. The van der Waals surface area contributed by atoms with Gasteiger partial charge in [0.2, 0.25) is 0 Å². The van der Waals surface area contributed by atoms with Crippen LogP contribution in [0.3, 0.4) is 0 Å². The largest absolute Gasteiger partial charge is 0.507 e. The number of hydrogen-bond donors (Lipinski definition) is 1. The highest BCUT2D eigenvalue weighted by molar-refractivity contribution is 5.97.